The van der Waals surface area contributed by atoms with Gasteiger partial charge in [0.05, 0.1) is 8.22 Å². The molecule has 11 rings (SSSR count). The molecule has 238 valence electrons. The van der Waals surface area contributed by atoms with Gasteiger partial charge in [0.15, 0.2) is 17.5 Å². The number of fused-ring (bicyclic) bond motifs is 9. The molecule has 0 aliphatic rings. The van der Waals surface area contributed by atoms with E-state index in [1.54, 1.807) is 11.3 Å². The number of furan rings is 1. The lowest BCUT2D eigenvalue weighted by molar-refractivity contribution is 0.669. The molecule has 4 aromatic heterocycles. The predicted molar refractivity (Wildman–Crippen MR) is 215 cm³/mol. The van der Waals surface area contributed by atoms with Crippen molar-refractivity contribution < 1.29 is 12.6 Å². The maximum atomic E-state index is 9.68. The molecule has 0 radical (unpaired) electrons. The largest absolute Gasteiger partial charge is 0.456 e. The highest BCUT2D eigenvalue weighted by Gasteiger charge is 2.19. The fourth-order valence-electron chi connectivity index (χ4n) is 6.90. The molecule has 0 bridgehead atoms. The van der Waals surface area contributed by atoms with E-state index in [0.717, 1.165) is 36.5 Å². The van der Waals surface area contributed by atoms with E-state index >= 15 is 0 Å². The third-order valence-corrected chi connectivity index (χ3v) is 11.5. The first-order valence-electron chi connectivity index (χ1n) is 19.4. The van der Waals surface area contributed by atoms with Crippen LogP contribution >= 0.6 is 22.7 Å². The SMILES string of the molecule is [2H]c1c([2H])c([2H])c2c(sc3c([2H])c(-c4nc(-c5ccccc5)nc(-c5cccc6oc7ccccc7c56)n4)c([2H])c([2H])c32)c1-c1ccc2sc3ccccc3c2c1. The quantitative estimate of drug-likeness (QED) is 0.184. The van der Waals surface area contributed by atoms with Crippen LogP contribution in [0.15, 0.2) is 156 Å². The molecule has 0 spiro atoms. The summed E-state index contributed by atoms with van der Waals surface area (Å²) in [4.78, 5) is 14.7. The second kappa shape index (κ2) is 11.2. The molecule has 7 aromatic carbocycles. The first kappa shape index (κ1) is 23.2. The maximum Gasteiger partial charge on any atom is 0.164 e. The van der Waals surface area contributed by atoms with Crippen LogP contribution in [0, 0.1) is 0 Å². The van der Waals surface area contributed by atoms with Crippen molar-refractivity contribution in [1.29, 1.82) is 0 Å². The van der Waals surface area contributed by atoms with Gasteiger partial charge in [0.25, 0.3) is 0 Å². The molecule has 11 aromatic rings. The Kier molecular flexibility index (Phi) is 5.08. The van der Waals surface area contributed by atoms with Gasteiger partial charge in [0.2, 0.25) is 0 Å². The minimum atomic E-state index is -0.274. The summed E-state index contributed by atoms with van der Waals surface area (Å²) in [6, 6.07) is 35.9. The van der Waals surface area contributed by atoms with Crippen molar-refractivity contribution in [3.8, 4) is 45.3 Å². The number of aromatic nitrogens is 3. The van der Waals surface area contributed by atoms with Crippen LogP contribution in [-0.4, -0.2) is 15.0 Å². The van der Waals surface area contributed by atoms with Crippen LogP contribution in [0.25, 0.3) is 108 Å². The monoisotopic (exact) mass is 693 g/mol. The van der Waals surface area contributed by atoms with Gasteiger partial charge in [0, 0.05) is 67.8 Å². The predicted octanol–water partition coefficient (Wildman–Crippen LogP) is 13.2. The summed E-state index contributed by atoms with van der Waals surface area (Å²) in [6.07, 6.45) is 0. The van der Waals surface area contributed by atoms with E-state index in [1.165, 1.54) is 11.3 Å². The standard InChI is InChI=1S/C45H25N3OS2/c1-2-10-26(11-3-1)43-46-44(48-45(47-43)34-16-9-18-37-41(34)33-13-4-6-17-36(33)49-37)28-20-22-31-32-15-8-14-29(42(32)51-40(31)25-28)27-21-23-39-35(24-27)30-12-5-7-19-38(30)50-39/h1-25H/i8D,14D,15D,20D,22D,25D. The van der Waals surface area contributed by atoms with Crippen LogP contribution in [-0.2, 0) is 0 Å². The normalized spacial score (nSPS) is 13.6. The molecular formula is C45H25N3OS2. The van der Waals surface area contributed by atoms with E-state index in [9.17, 15) is 4.11 Å². The zero-order chi connectivity index (χ0) is 38.7. The number of para-hydroxylation sites is 1. The van der Waals surface area contributed by atoms with Crippen LogP contribution in [0.2, 0.25) is 0 Å². The Morgan fingerprint density at radius 3 is 2.16 bits per heavy atom. The summed E-state index contributed by atoms with van der Waals surface area (Å²) in [7, 11) is 0. The minimum Gasteiger partial charge on any atom is -0.456 e. The van der Waals surface area contributed by atoms with Crippen LogP contribution in [0.5, 0.6) is 0 Å². The fraction of sp³-hybridized carbons (Fsp3) is 0. The van der Waals surface area contributed by atoms with Crippen molar-refractivity contribution in [1.82, 2.24) is 15.0 Å². The first-order valence-corrected chi connectivity index (χ1v) is 18.0. The summed E-state index contributed by atoms with van der Waals surface area (Å²) >= 11 is 2.89. The van der Waals surface area contributed by atoms with Crippen LogP contribution in [0.4, 0.5) is 0 Å². The molecule has 6 heteroatoms. The lowest BCUT2D eigenvalue weighted by Crippen LogP contribution is -2.00. The van der Waals surface area contributed by atoms with Crippen molar-refractivity contribution in [2.45, 2.75) is 0 Å². The van der Waals surface area contributed by atoms with Gasteiger partial charge in [-0.1, -0.05) is 115 Å². The van der Waals surface area contributed by atoms with Gasteiger partial charge in [0.1, 0.15) is 11.2 Å². The van der Waals surface area contributed by atoms with E-state index in [1.807, 2.05) is 103 Å². The molecule has 0 aliphatic carbocycles. The molecule has 0 N–H and O–H groups in total. The highest BCUT2D eigenvalue weighted by atomic mass is 32.1. The Morgan fingerprint density at radius 2 is 1.24 bits per heavy atom. The molecule has 4 heterocycles. The molecule has 0 atom stereocenters. The van der Waals surface area contributed by atoms with Crippen molar-refractivity contribution in [3.05, 3.63) is 152 Å². The smallest absolute Gasteiger partial charge is 0.164 e. The van der Waals surface area contributed by atoms with Gasteiger partial charge in [-0.2, -0.15) is 0 Å². The molecule has 0 amide bonds. The van der Waals surface area contributed by atoms with Gasteiger partial charge in [-0.15, -0.1) is 22.7 Å². The number of hydrogen-bond acceptors (Lipinski definition) is 6. The van der Waals surface area contributed by atoms with Crippen molar-refractivity contribution in [2.75, 3.05) is 0 Å². The van der Waals surface area contributed by atoms with Gasteiger partial charge in [-0.25, -0.2) is 15.0 Å². The Balaban J connectivity index is 1.19. The molecule has 0 fully saturated rings. The van der Waals surface area contributed by atoms with Crippen molar-refractivity contribution >= 4 is 85.0 Å². The summed E-state index contributed by atoms with van der Waals surface area (Å²) in [5.74, 6) is 0.726. The average Bonchev–Trinajstić information content (AvgIpc) is 3.94. The van der Waals surface area contributed by atoms with Crippen molar-refractivity contribution in [2.24, 2.45) is 0 Å². The summed E-state index contributed by atoms with van der Waals surface area (Å²) in [5.41, 5.74) is 4.01. The molecule has 0 saturated heterocycles. The third-order valence-electron chi connectivity index (χ3n) is 9.26. The Labute approximate surface area is 308 Å². The van der Waals surface area contributed by atoms with Gasteiger partial charge in [-0.05, 0) is 47.5 Å². The molecule has 4 nitrogen and oxygen atoms in total. The fourth-order valence-corrected chi connectivity index (χ4v) is 9.12. The number of benzene rings is 7. The number of thiophene rings is 2. The Morgan fingerprint density at radius 1 is 0.471 bits per heavy atom. The van der Waals surface area contributed by atoms with Crippen LogP contribution < -0.4 is 0 Å². The lowest BCUT2D eigenvalue weighted by atomic mass is 10.0. The average molecular weight is 694 g/mol. The number of hydrogen-bond donors (Lipinski definition) is 0. The lowest BCUT2D eigenvalue weighted by Gasteiger charge is -2.09. The summed E-state index contributed by atoms with van der Waals surface area (Å²) in [6.45, 7) is 0. The van der Waals surface area contributed by atoms with Crippen LogP contribution in [0.1, 0.15) is 8.22 Å². The Bertz CT molecular complexity index is 3510. The van der Waals surface area contributed by atoms with E-state index in [4.69, 9.17) is 23.5 Å². The zero-order valence-corrected chi connectivity index (χ0v) is 28.2. The highest BCUT2D eigenvalue weighted by Crippen LogP contribution is 2.43. The second-order valence-corrected chi connectivity index (χ2v) is 14.4. The second-order valence-electron chi connectivity index (χ2n) is 12.3. The Hall–Kier alpha value is -6.21. The molecule has 51 heavy (non-hydrogen) atoms. The topological polar surface area (TPSA) is 51.8 Å². The van der Waals surface area contributed by atoms with Gasteiger partial charge < -0.3 is 4.42 Å². The first-order chi connectivity index (χ1) is 27.8. The molecular weight excluding hydrogens is 663 g/mol. The minimum absolute atomic E-state index is 0.0561. The van der Waals surface area contributed by atoms with E-state index < -0.39 is 0 Å². The molecule has 0 unspecified atom stereocenters. The maximum absolute atomic E-state index is 9.68. The van der Waals surface area contributed by atoms with Gasteiger partial charge >= 0.3 is 0 Å². The zero-order valence-electron chi connectivity index (χ0n) is 32.5. The summed E-state index contributed by atoms with van der Waals surface area (Å²) in [5, 5.41) is 4.37. The van der Waals surface area contributed by atoms with E-state index in [2.05, 4.69) is 12.1 Å². The highest BCUT2D eigenvalue weighted by molar-refractivity contribution is 7.26. The molecule has 0 aliphatic heterocycles. The number of rotatable bonds is 4. The number of nitrogens with zero attached hydrogens (tertiary/aromatic N) is 3. The molecule has 0 saturated carbocycles. The van der Waals surface area contributed by atoms with Crippen molar-refractivity contribution in [3.63, 3.8) is 0 Å². The van der Waals surface area contributed by atoms with Gasteiger partial charge in [-0.3, -0.25) is 0 Å². The third kappa shape index (κ3) is 4.54. The van der Waals surface area contributed by atoms with E-state index in [0.29, 0.717) is 54.3 Å². The summed E-state index contributed by atoms with van der Waals surface area (Å²) < 4.78 is 64.9. The van der Waals surface area contributed by atoms with Crippen LogP contribution in [0.3, 0.4) is 0 Å². The van der Waals surface area contributed by atoms with E-state index in [-0.39, 0.29) is 53.0 Å².